The molecule has 5 heteroatoms. The van der Waals surface area contributed by atoms with Gasteiger partial charge < -0.3 is 5.32 Å². The van der Waals surface area contributed by atoms with E-state index >= 15 is 0 Å². The molecular formula is C24H23N3O2. The summed E-state index contributed by atoms with van der Waals surface area (Å²) in [5.74, 6) is -1.70. The highest BCUT2D eigenvalue weighted by atomic mass is 16.2. The van der Waals surface area contributed by atoms with E-state index in [-0.39, 0.29) is 5.92 Å². The fourth-order valence-corrected chi connectivity index (χ4v) is 3.04. The molecule has 0 aromatic heterocycles. The van der Waals surface area contributed by atoms with Gasteiger partial charge >= 0.3 is 11.8 Å². The van der Waals surface area contributed by atoms with Crippen LogP contribution in [0.3, 0.4) is 0 Å². The molecule has 29 heavy (non-hydrogen) atoms. The maximum Gasteiger partial charge on any atom is 0.329 e. The van der Waals surface area contributed by atoms with E-state index < -0.39 is 11.8 Å². The smallest absolute Gasteiger partial charge is 0.318 e. The van der Waals surface area contributed by atoms with Crippen LogP contribution >= 0.6 is 0 Å². The van der Waals surface area contributed by atoms with Gasteiger partial charge in [0.25, 0.3) is 0 Å². The number of carbonyl (C=O) groups excluding carboxylic acids is 2. The number of rotatable bonds is 5. The Hall–Kier alpha value is -3.73. The molecule has 0 aliphatic rings. The zero-order chi connectivity index (χ0) is 20.6. The molecule has 3 aromatic rings. The highest BCUT2D eigenvalue weighted by Gasteiger charge is 2.19. The third kappa shape index (κ3) is 5.39. The lowest BCUT2D eigenvalue weighted by molar-refractivity contribution is -0.136. The first kappa shape index (κ1) is 20.0. The van der Waals surface area contributed by atoms with Crippen molar-refractivity contribution in [2.45, 2.75) is 19.8 Å². The van der Waals surface area contributed by atoms with Gasteiger partial charge in [-0.3, -0.25) is 9.59 Å². The number of anilines is 1. The third-order valence-corrected chi connectivity index (χ3v) is 4.53. The Kier molecular flexibility index (Phi) is 6.53. The van der Waals surface area contributed by atoms with Gasteiger partial charge in [0.15, 0.2) is 0 Å². The molecule has 146 valence electrons. The first-order chi connectivity index (χ1) is 14.0. The van der Waals surface area contributed by atoms with E-state index in [1.54, 1.807) is 12.1 Å². The second-order valence-corrected chi connectivity index (χ2v) is 6.77. The number of hydrogen-bond acceptors (Lipinski definition) is 3. The minimum absolute atomic E-state index is 0.127. The minimum Gasteiger partial charge on any atom is -0.318 e. The summed E-state index contributed by atoms with van der Waals surface area (Å²) in [6.45, 7) is 3.79. The number of carbonyl (C=O) groups is 2. The maximum atomic E-state index is 12.2. The van der Waals surface area contributed by atoms with E-state index in [0.717, 1.165) is 16.7 Å². The SMILES string of the molecule is C/C(=N/NC(=O)C(=O)Nc1ccc(C)cc1)C(c1ccccc1)c1ccccc1. The average molecular weight is 385 g/mol. The molecular weight excluding hydrogens is 362 g/mol. The predicted molar refractivity (Wildman–Crippen MR) is 116 cm³/mol. The van der Waals surface area contributed by atoms with Crippen molar-refractivity contribution in [2.24, 2.45) is 5.10 Å². The second-order valence-electron chi connectivity index (χ2n) is 6.77. The highest BCUT2D eigenvalue weighted by Crippen LogP contribution is 2.26. The van der Waals surface area contributed by atoms with Crippen LogP contribution in [0.5, 0.6) is 0 Å². The molecule has 3 rings (SSSR count). The number of aryl methyl sites for hydroxylation is 1. The molecule has 0 saturated carbocycles. The van der Waals surface area contributed by atoms with Crippen LogP contribution in [0.2, 0.25) is 0 Å². The van der Waals surface area contributed by atoms with Gasteiger partial charge in [0.1, 0.15) is 0 Å². The van der Waals surface area contributed by atoms with E-state index in [2.05, 4.69) is 15.8 Å². The monoisotopic (exact) mass is 385 g/mol. The Morgan fingerprint density at radius 1 is 0.759 bits per heavy atom. The van der Waals surface area contributed by atoms with Gasteiger partial charge in [0, 0.05) is 17.3 Å². The zero-order valence-corrected chi connectivity index (χ0v) is 16.4. The van der Waals surface area contributed by atoms with Crippen molar-refractivity contribution in [3.8, 4) is 0 Å². The van der Waals surface area contributed by atoms with Crippen molar-refractivity contribution in [1.29, 1.82) is 0 Å². The summed E-state index contributed by atoms with van der Waals surface area (Å²) >= 11 is 0. The van der Waals surface area contributed by atoms with Crippen LogP contribution in [-0.4, -0.2) is 17.5 Å². The first-order valence-electron chi connectivity index (χ1n) is 9.36. The Balaban J connectivity index is 1.74. The molecule has 0 aliphatic heterocycles. The van der Waals surface area contributed by atoms with Crippen molar-refractivity contribution in [2.75, 3.05) is 5.32 Å². The van der Waals surface area contributed by atoms with Crippen LogP contribution in [-0.2, 0) is 9.59 Å². The van der Waals surface area contributed by atoms with Gasteiger partial charge in [-0.05, 0) is 37.1 Å². The van der Waals surface area contributed by atoms with Crippen LogP contribution in [0, 0.1) is 6.92 Å². The van der Waals surface area contributed by atoms with Gasteiger partial charge in [-0.25, -0.2) is 5.43 Å². The predicted octanol–water partition coefficient (Wildman–Crippen LogP) is 4.26. The number of hydrogen-bond donors (Lipinski definition) is 2. The molecule has 0 bridgehead atoms. The maximum absolute atomic E-state index is 12.2. The number of amides is 2. The number of hydrazone groups is 1. The lowest BCUT2D eigenvalue weighted by atomic mass is 9.88. The van der Waals surface area contributed by atoms with E-state index in [0.29, 0.717) is 11.4 Å². The van der Waals surface area contributed by atoms with Crippen molar-refractivity contribution >= 4 is 23.2 Å². The van der Waals surface area contributed by atoms with E-state index in [9.17, 15) is 9.59 Å². The summed E-state index contributed by atoms with van der Waals surface area (Å²) in [5.41, 5.74) is 6.79. The Morgan fingerprint density at radius 3 is 1.79 bits per heavy atom. The van der Waals surface area contributed by atoms with E-state index in [1.807, 2.05) is 86.6 Å². The largest absolute Gasteiger partial charge is 0.329 e. The minimum atomic E-state index is -0.815. The fourth-order valence-electron chi connectivity index (χ4n) is 3.04. The molecule has 0 atom stereocenters. The van der Waals surface area contributed by atoms with E-state index in [4.69, 9.17) is 0 Å². The van der Waals surface area contributed by atoms with E-state index in [1.165, 1.54) is 0 Å². The average Bonchev–Trinajstić information content (AvgIpc) is 2.75. The van der Waals surface area contributed by atoms with Gasteiger partial charge in [0.2, 0.25) is 0 Å². The van der Waals surface area contributed by atoms with Gasteiger partial charge in [0.05, 0.1) is 0 Å². The summed E-state index contributed by atoms with van der Waals surface area (Å²) in [4.78, 5) is 24.3. The lowest BCUT2D eigenvalue weighted by Gasteiger charge is -2.18. The molecule has 0 saturated heterocycles. The van der Waals surface area contributed by atoms with Crippen molar-refractivity contribution < 1.29 is 9.59 Å². The third-order valence-electron chi connectivity index (χ3n) is 4.53. The van der Waals surface area contributed by atoms with Crippen molar-refractivity contribution in [3.63, 3.8) is 0 Å². The van der Waals surface area contributed by atoms with Gasteiger partial charge in [-0.1, -0.05) is 78.4 Å². The summed E-state index contributed by atoms with van der Waals surface area (Å²) < 4.78 is 0. The topological polar surface area (TPSA) is 70.6 Å². The van der Waals surface area contributed by atoms with Gasteiger partial charge in [-0.2, -0.15) is 5.10 Å². The fraction of sp³-hybridized carbons (Fsp3) is 0.125. The molecule has 2 N–H and O–H groups in total. The molecule has 0 unspecified atom stereocenters. The summed E-state index contributed by atoms with van der Waals surface area (Å²) in [5, 5.41) is 6.78. The van der Waals surface area contributed by atoms with Crippen LogP contribution in [0.15, 0.2) is 90.0 Å². The van der Waals surface area contributed by atoms with Crippen LogP contribution < -0.4 is 10.7 Å². The number of nitrogens with one attached hydrogen (secondary N) is 2. The normalized spacial score (nSPS) is 11.2. The molecule has 0 aliphatic carbocycles. The Bertz CT molecular complexity index is 958. The summed E-state index contributed by atoms with van der Waals surface area (Å²) in [6.07, 6.45) is 0. The molecule has 5 nitrogen and oxygen atoms in total. The quantitative estimate of drug-likeness (QED) is 0.391. The molecule has 0 heterocycles. The van der Waals surface area contributed by atoms with Crippen LogP contribution in [0.1, 0.15) is 29.5 Å². The summed E-state index contributed by atoms with van der Waals surface area (Å²) in [6, 6.07) is 27.0. The Morgan fingerprint density at radius 2 is 1.28 bits per heavy atom. The highest BCUT2D eigenvalue weighted by molar-refractivity contribution is 6.39. The van der Waals surface area contributed by atoms with Crippen molar-refractivity contribution in [1.82, 2.24) is 5.43 Å². The number of benzene rings is 3. The standard InChI is InChI=1S/C24H23N3O2/c1-17-13-15-21(16-14-17)25-23(28)24(29)27-26-18(2)22(19-9-5-3-6-10-19)20-11-7-4-8-12-20/h3-16,22H,1-2H3,(H,25,28)(H,27,29)/b26-18-. The molecule has 0 radical (unpaired) electrons. The number of nitrogens with zero attached hydrogens (tertiary/aromatic N) is 1. The first-order valence-corrected chi connectivity index (χ1v) is 9.36. The van der Waals surface area contributed by atoms with Crippen LogP contribution in [0.4, 0.5) is 5.69 Å². The Labute approximate surface area is 170 Å². The van der Waals surface area contributed by atoms with Crippen LogP contribution in [0.25, 0.3) is 0 Å². The lowest BCUT2D eigenvalue weighted by Crippen LogP contribution is -2.33. The molecule has 0 fully saturated rings. The van der Waals surface area contributed by atoms with Gasteiger partial charge in [-0.15, -0.1) is 0 Å². The molecule has 0 spiro atoms. The zero-order valence-electron chi connectivity index (χ0n) is 16.4. The molecule has 2 amide bonds. The van der Waals surface area contributed by atoms with Crippen molar-refractivity contribution in [3.05, 3.63) is 102 Å². The summed E-state index contributed by atoms with van der Waals surface area (Å²) in [7, 11) is 0. The molecule has 3 aromatic carbocycles. The second kappa shape index (κ2) is 9.46.